The molecule has 0 N–H and O–H groups in total. The van der Waals surface area contributed by atoms with Crippen LogP contribution in [0.4, 0.5) is 0 Å². The van der Waals surface area contributed by atoms with Gasteiger partial charge in [0.15, 0.2) is 0 Å². The molecule has 0 aromatic heterocycles. The van der Waals surface area contributed by atoms with Crippen LogP contribution in [0, 0.1) is 21.4 Å². The van der Waals surface area contributed by atoms with Crippen LogP contribution in [0.3, 0.4) is 0 Å². The fourth-order valence-electron chi connectivity index (χ4n) is 2.11. The van der Waals surface area contributed by atoms with Crippen molar-refractivity contribution in [3.8, 4) is 0 Å². The molecule has 3 nitrogen and oxygen atoms in total. The highest BCUT2D eigenvalue weighted by molar-refractivity contribution is 9.10. The fraction of sp³-hybridized carbons (Fsp3) is 1.00. The normalized spacial score (nSPS) is 34.1. The number of halogens is 1. The van der Waals surface area contributed by atoms with Gasteiger partial charge in [-0.05, 0) is 24.2 Å². The number of rotatable bonds is 1. The van der Waals surface area contributed by atoms with Gasteiger partial charge in [0.25, 0.3) is 4.45 Å². The molecule has 82 valence electrons. The lowest BCUT2D eigenvalue weighted by Crippen LogP contribution is -2.38. The minimum absolute atomic E-state index is 0.175. The van der Waals surface area contributed by atoms with Crippen molar-refractivity contribution in [2.24, 2.45) is 11.3 Å². The first-order valence-electron chi connectivity index (χ1n) is 5.09. The van der Waals surface area contributed by atoms with Gasteiger partial charge in [-0.25, -0.2) is 0 Å². The molecule has 0 spiro atoms. The molecule has 1 aliphatic rings. The molecule has 0 aromatic carbocycles. The van der Waals surface area contributed by atoms with E-state index in [0.717, 1.165) is 12.8 Å². The van der Waals surface area contributed by atoms with Crippen LogP contribution < -0.4 is 0 Å². The topological polar surface area (TPSA) is 43.1 Å². The smallest absolute Gasteiger partial charge is 0.263 e. The molecule has 0 heterocycles. The van der Waals surface area contributed by atoms with Crippen molar-refractivity contribution in [3.63, 3.8) is 0 Å². The highest BCUT2D eigenvalue weighted by Crippen LogP contribution is 2.44. The van der Waals surface area contributed by atoms with Crippen LogP contribution >= 0.6 is 15.9 Å². The Kier molecular flexibility index (Phi) is 3.24. The Bertz CT molecular complexity index is 227. The van der Waals surface area contributed by atoms with Gasteiger partial charge >= 0.3 is 0 Å². The summed E-state index contributed by atoms with van der Waals surface area (Å²) >= 11 is 3.26. The van der Waals surface area contributed by atoms with E-state index in [1.807, 2.05) is 0 Å². The first-order valence-corrected chi connectivity index (χ1v) is 5.88. The second-order valence-electron chi connectivity index (χ2n) is 5.32. The quantitative estimate of drug-likeness (QED) is 0.314. The number of nitro groups is 1. The molecule has 1 rings (SSSR count). The van der Waals surface area contributed by atoms with E-state index in [4.69, 9.17) is 0 Å². The SMILES string of the molecule is CC(C)(C)C1CCC(Br)([N+](=O)[O-])CC1. The zero-order chi connectivity index (χ0) is 11.0. The maximum absolute atomic E-state index is 10.8. The summed E-state index contributed by atoms with van der Waals surface area (Å²) in [6, 6.07) is 0. The molecule has 4 heteroatoms. The predicted molar refractivity (Wildman–Crippen MR) is 60.1 cm³/mol. The monoisotopic (exact) mass is 263 g/mol. The van der Waals surface area contributed by atoms with Crippen molar-refractivity contribution >= 4 is 15.9 Å². The molecule has 1 fully saturated rings. The number of alkyl halides is 1. The number of hydrogen-bond donors (Lipinski definition) is 0. The van der Waals surface area contributed by atoms with E-state index in [1.165, 1.54) is 0 Å². The summed E-state index contributed by atoms with van der Waals surface area (Å²) < 4.78 is -0.839. The van der Waals surface area contributed by atoms with Crippen molar-refractivity contribution in [1.82, 2.24) is 0 Å². The lowest BCUT2D eigenvalue weighted by atomic mass is 9.71. The summed E-state index contributed by atoms with van der Waals surface area (Å²) in [6.45, 7) is 6.64. The molecule has 0 amide bonds. The molecule has 0 aliphatic heterocycles. The third kappa shape index (κ3) is 2.47. The molecule has 1 saturated carbocycles. The van der Waals surface area contributed by atoms with E-state index in [-0.39, 0.29) is 10.3 Å². The van der Waals surface area contributed by atoms with Gasteiger partial charge in [-0.1, -0.05) is 20.8 Å². The van der Waals surface area contributed by atoms with Gasteiger partial charge in [0.05, 0.1) is 0 Å². The van der Waals surface area contributed by atoms with Crippen molar-refractivity contribution in [1.29, 1.82) is 0 Å². The minimum atomic E-state index is -0.839. The lowest BCUT2D eigenvalue weighted by molar-refractivity contribution is -0.540. The summed E-state index contributed by atoms with van der Waals surface area (Å²) in [7, 11) is 0. The summed E-state index contributed by atoms with van der Waals surface area (Å²) in [5, 5.41) is 10.8. The van der Waals surface area contributed by atoms with Gasteiger partial charge in [0, 0.05) is 33.7 Å². The van der Waals surface area contributed by atoms with Gasteiger partial charge in [-0.15, -0.1) is 0 Å². The summed E-state index contributed by atoms with van der Waals surface area (Å²) in [4.78, 5) is 10.6. The van der Waals surface area contributed by atoms with E-state index < -0.39 is 4.45 Å². The summed E-state index contributed by atoms with van der Waals surface area (Å²) in [6.07, 6.45) is 3.22. The van der Waals surface area contributed by atoms with Crippen molar-refractivity contribution in [3.05, 3.63) is 10.1 Å². The largest absolute Gasteiger partial charge is 0.274 e. The molecule has 0 saturated heterocycles. The minimum Gasteiger partial charge on any atom is -0.263 e. The molecule has 0 atom stereocenters. The van der Waals surface area contributed by atoms with Crippen LogP contribution in [-0.4, -0.2) is 9.37 Å². The lowest BCUT2D eigenvalue weighted by Gasteiger charge is -2.37. The molecule has 0 unspecified atom stereocenters. The second-order valence-corrected chi connectivity index (χ2v) is 6.79. The van der Waals surface area contributed by atoms with E-state index in [1.54, 1.807) is 0 Å². The maximum Gasteiger partial charge on any atom is 0.274 e. The highest BCUT2D eigenvalue weighted by atomic mass is 79.9. The van der Waals surface area contributed by atoms with E-state index >= 15 is 0 Å². The first-order chi connectivity index (χ1) is 6.26. The molecule has 0 bridgehead atoms. The van der Waals surface area contributed by atoms with Gasteiger partial charge in [-0.2, -0.15) is 0 Å². The third-order valence-corrected chi connectivity index (χ3v) is 4.39. The average molecular weight is 264 g/mol. The Morgan fingerprint density at radius 3 is 2.07 bits per heavy atom. The summed E-state index contributed by atoms with van der Waals surface area (Å²) in [5.74, 6) is 0.619. The number of nitrogens with zero attached hydrogens (tertiary/aromatic N) is 1. The summed E-state index contributed by atoms with van der Waals surface area (Å²) in [5.41, 5.74) is 0.283. The van der Waals surface area contributed by atoms with Gasteiger partial charge in [-0.3, -0.25) is 10.1 Å². The molecule has 14 heavy (non-hydrogen) atoms. The maximum atomic E-state index is 10.8. The van der Waals surface area contributed by atoms with Crippen LogP contribution in [0.2, 0.25) is 0 Å². The van der Waals surface area contributed by atoms with Crippen molar-refractivity contribution in [2.75, 3.05) is 0 Å². The first kappa shape index (κ1) is 12.0. The zero-order valence-electron chi connectivity index (χ0n) is 9.05. The second kappa shape index (κ2) is 3.80. The standard InChI is InChI=1S/C10H18BrNO2/c1-9(2,3)8-4-6-10(11,7-5-8)12(13)14/h8H,4-7H2,1-3H3. The molecule has 0 radical (unpaired) electrons. The average Bonchev–Trinajstić information content (AvgIpc) is 2.03. The van der Waals surface area contributed by atoms with E-state index in [2.05, 4.69) is 36.7 Å². The molecule has 0 aromatic rings. The zero-order valence-corrected chi connectivity index (χ0v) is 10.6. The number of hydrogen-bond acceptors (Lipinski definition) is 2. The Morgan fingerprint density at radius 1 is 1.36 bits per heavy atom. The predicted octanol–water partition coefficient (Wildman–Crippen LogP) is 3.59. The van der Waals surface area contributed by atoms with Gasteiger partial charge in [0.1, 0.15) is 0 Å². The van der Waals surface area contributed by atoms with Crippen LogP contribution in [-0.2, 0) is 0 Å². The van der Waals surface area contributed by atoms with Crippen LogP contribution in [0.1, 0.15) is 46.5 Å². The van der Waals surface area contributed by atoms with Crippen LogP contribution in [0.15, 0.2) is 0 Å². The Morgan fingerprint density at radius 2 is 1.79 bits per heavy atom. The van der Waals surface area contributed by atoms with Gasteiger partial charge < -0.3 is 0 Å². The fourth-order valence-corrected chi connectivity index (χ4v) is 2.57. The Balaban J connectivity index is 2.59. The van der Waals surface area contributed by atoms with E-state index in [0.29, 0.717) is 18.8 Å². The molecular weight excluding hydrogens is 246 g/mol. The van der Waals surface area contributed by atoms with Crippen LogP contribution in [0.25, 0.3) is 0 Å². The third-order valence-electron chi connectivity index (χ3n) is 3.30. The van der Waals surface area contributed by atoms with Crippen LogP contribution in [0.5, 0.6) is 0 Å². The molecular formula is C10H18BrNO2. The molecule has 1 aliphatic carbocycles. The van der Waals surface area contributed by atoms with Crippen molar-refractivity contribution < 1.29 is 4.92 Å². The van der Waals surface area contributed by atoms with E-state index in [9.17, 15) is 10.1 Å². The van der Waals surface area contributed by atoms with Crippen molar-refractivity contribution in [2.45, 2.75) is 50.9 Å². The Hall–Kier alpha value is -0.120. The Labute approximate surface area is 93.5 Å². The van der Waals surface area contributed by atoms with Gasteiger partial charge in [0.2, 0.25) is 0 Å². The highest BCUT2D eigenvalue weighted by Gasteiger charge is 2.45.